The molecule has 6 aromatic rings. The smallest absolute Gasteiger partial charge is 0.303 e. The molecule has 4 heterocycles. The van der Waals surface area contributed by atoms with Crippen molar-refractivity contribution in [3.63, 3.8) is 0 Å². The van der Waals surface area contributed by atoms with Crippen molar-refractivity contribution in [3.05, 3.63) is 113 Å². The van der Waals surface area contributed by atoms with E-state index in [9.17, 15) is 9.90 Å². The molecule has 10 nitrogen and oxygen atoms in total. The first-order valence-electron chi connectivity index (χ1n) is 16.1. The number of ether oxygens (including phenoxy) is 2. The molecular weight excluding hydrogens is 630 g/mol. The van der Waals surface area contributed by atoms with Crippen LogP contribution in [0.15, 0.2) is 73.2 Å². The van der Waals surface area contributed by atoms with Crippen LogP contribution in [-0.4, -0.2) is 54.2 Å². The highest BCUT2D eigenvalue weighted by atomic mass is 19.1. The van der Waals surface area contributed by atoms with Crippen molar-refractivity contribution in [2.45, 2.75) is 52.0 Å². The van der Waals surface area contributed by atoms with Gasteiger partial charge in [0.15, 0.2) is 11.6 Å². The number of hydrogen-bond acceptors (Lipinski definition) is 6. The molecule has 6 bridgehead atoms. The van der Waals surface area contributed by atoms with Gasteiger partial charge in [0.25, 0.3) is 0 Å². The molecule has 1 atom stereocenters. The van der Waals surface area contributed by atoms with Gasteiger partial charge < -0.3 is 24.5 Å². The van der Waals surface area contributed by atoms with Gasteiger partial charge in [-0.1, -0.05) is 43.3 Å². The highest BCUT2D eigenvalue weighted by molar-refractivity contribution is 5.85. The summed E-state index contributed by atoms with van der Waals surface area (Å²) in [4.78, 5) is 22.3. The molecule has 49 heavy (non-hydrogen) atoms. The van der Waals surface area contributed by atoms with E-state index in [0.717, 1.165) is 22.2 Å². The Morgan fingerprint density at radius 3 is 2.76 bits per heavy atom. The van der Waals surface area contributed by atoms with E-state index in [-0.39, 0.29) is 47.9 Å². The van der Waals surface area contributed by atoms with Crippen molar-refractivity contribution < 1.29 is 28.2 Å². The van der Waals surface area contributed by atoms with Crippen LogP contribution < -0.4 is 4.74 Å². The van der Waals surface area contributed by atoms with E-state index in [0.29, 0.717) is 36.2 Å². The Kier molecular flexibility index (Phi) is 8.27. The summed E-state index contributed by atoms with van der Waals surface area (Å²) in [6.45, 7) is 7.01. The number of hydrogen-bond donors (Lipinski definition) is 3. The van der Waals surface area contributed by atoms with Gasteiger partial charge in [-0.15, -0.1) is 5.10 Å². The number of halogens is 2. The lowest BCUT2D eigenvalue weighted by atomic mass is 9.79. The van der Waals surface area contributed by atoms with Gasteiger partial charge in [-0.3, -0.25) is 4.79 Å². The van der Waals surface area contributed by atoms with Gasteiger partial charge in [0.1, 0.15) is 17.4 Å². The molecule has 0 saturated carbocycles. The van der Waals surface area contributed by atoms with Crippen LogP contribution in [0.3, 0.4) is 0 Å². The van der Waals surface area contributed by atoms with Gasteiger partial charge in [0, 0.05) is 59.7 Å². The molecule has 1 aliphatic rings. The number of rotatable bonds is 4. The Morgan fingerprint density at radius 1 is 1.06 bits per heavy atom. The molecule has 3 aromatic carbocycles. The predicted molar refractivity (Wildman–Crippen MR) is 179 cm³/mol. The summed E-state index contributed by atoms with van der Waals surface area (Å²) in [5.41, 5.74) is 3.39. The first kappa shape index (κ1) is 32.2. The molecule has 3 aromatic heterocycles. The normalized spacial score (nSPS) is 17.8. The molecule has 12 heteroatoms. The number of imidazole rings is 1. The van der Waals surface area contributed by atoms with E-state index < -0.39 is 23.0 Å². The van der Waals surface area contributed by atoms with Crippen LogP contribution in [0.2, 0.25) is 0 Å². The van der Waals surface area contributed by atoms with Gasteiger partial charge >= 0.3 is 5.97 Å². The van der Waals surface area contributed by atoms with E-state index >= 15 is 8.78 Å². The Labute approximate surface area is 281 Å². The Hall–Kier alpha value is -5.36. The highest BCUT2D eigenvalue weighted by Crippen LogP contribution is 2.38. The first-order valence-corrected chi connectivity index (χ1v) is 16.1. The monoisotopic (exact) mass is 666 g/mol. The van der Waals surface area contributed by atoms with Crippen molar-refractivity contribution >= 4 is 16.9 Å². The standard InChI is InChI=1S/C37H36F2N6O4/c1-36(2)16-24-18-45(44-43-24)19-28-26-11-12-40-31(26)15-30(39)34(28)49-25-8-9-29(38)27(14-25)35-41-17-32(42-35)37(3,21-48-20-36)23-6-4-5-22(13-23)7-10-33(46)47/h4-6,8-9,11-15,17-18,40H,7,10,16,19-21H2,1-3H3,(H,41,42)(H,46,47). The molecule has 0 fully saturated rings. The fourth-order valence-electron chi connectivity index (χ4n) is 6.47. The molecule has 7 rings (SSSR count). The van der Waals surface area contributed by atoms with Gasteiger partial charge in [0.05, 0.1) is 36.4 Å². The number of nitrogens with zero attached hydrogens (tertiary/aromatic N) is 4. The molecule has 252 valence electrons. The minimum absolute atomic E-state index is 0.00356. The zero-order valence-electron chi connectivity index (χ0n) is 27.4. The zero-order chi connectivity index (χ0) is 34.3. The molecule has 0 radical (unpaired) electrons. The number of aryl methyl sites for hydroxylation is 1. The molecule has 0 amide bonds. The number of carboxylic acids is 1. The SMILES string of the molecule is CC1(C)COCC(C)(c2cccc(CCC(=O)O)c2)c2cnc([nH]2)-c2cc(ccc2F)Oc2c(F)cc3[nH]ccc3c2Cn2cc(nn2)C1. The van der Waals surface area contributed by atoms with Gasteiger partial charge in [-0.05, 0) is 54.2 Å². The molecule has 1 aliphatic heterocycles. The maximum atomic E-state index is 15.7. The van der Waals surface area contributed by atoms with Crippen LogP contribution in [0.25, 0.3) is 22.3 Å². The number of aliphatic carboxylic acids is 1. The number of nitrogens with one attached hydrogen (secondary N) is 2. The van der Waals surface area contributed by atoms with Gasteiger partial charge in [-0.25, -0.2) is 18.4 Å². The summed E-state index contributed by atoms with van der Waals surface area (Å²) < 4.78 is 45.5. The fourth-order valence-corrected chi connectivity index (χ4v) is 6.47. The average molecular weight is 667 g/mol. The molecule has 1 unspecified atom stereocenters. The third-order valence-corrected chi connectivity index (χ3v) is 9.09. The third-order valence-electron chi connectivity index (χ3n) is 9.09. The topological polar surface area (TPSA) is 131 Å². The van der Waals surface area contributed by atoms with Crippen LogP contribution in [-0.2, 0) is 34.3 Å². The minimum atomic E-state index is -0.871. The number of fused-ring (bicyclic) bond motifs is 10. The lowest BCUT2D eigenvalue weighted by Crippen LogP contribution is -2.33. The van der Waals surface area contributed by atoms with E-state index in [4.69, 9.17) is 9.47 Å². The van der Waals surface area contributed by atoms with Crippen LogP contribution in [0.5, 0.6) is 11.5 Å². The van der Waals surface area contributed by atoms with Crippen molar-refractivity contribution in [1.82, 2.24) is 29.9 Å². The number of carbonyl (C=O) groups is 1. The second kappa shape index (κ2) is 12.6. The lowest BCUT2D eigenvalue weighted by molar-refractivity contribution is -0.136. The minimum Gasteiger partial charge on any atom is -0.481 e. The van der Waals surface area contributed by atoms with E-state index in [1.165, 1.54) is 24.3 Å². The quantitative estimate of drug-likeness (QED) is 0.182. The number of H-pyrrole nitrogens is 2. The van der Waals surface area contributed by atoms with Crippen molar-refractivity contribution in [3.8, 4) is 22.9 Å². The second-order valence-corrected chi connectivity index (χ2v) is 13.7. The van der Waals surface area contributed by atoms with Crippen LogP contribution >= 0.6 is 0 Å². The highest BCUT2D eigenvalue weighted by Gasteiger charge is 2.34. The summed E-state index contributed by atoms with van der Waals surface area (Å²) >= 11 is 0. The van der Waals surface area contributed by atoms with Gasteiger partial charge in [0.2, 0.25) is 0 Å². The maximum Gasteiger partial charge on any atom is 0.303 e. The molecule has 0 aliphatic carbocycles. The second-order valence-electron chi connectivity index (χ2n) is 13.7. The Morgan fingerprint density at radius 2 is 1.92 bits per heavy atom. The van der Waals surface area contributed by atoms with Crippen LogP contribution in [0.1, 0.15) is 55.3 Å². The Balaban J connectivity index is 1.34. The van der Waals surface area contributed by atoms with E-state index in [1.54, 1.807) is 17.1 Å². The van der Waals surface area contributed by atoms with E-state index in [2.05, 4.69) is 39.1 Å². The van der Waals surface area contributed by atoms with Gasteiger partial charge in [-0.2, -0.15) is 0 Å². The number of benzene rings is 3. The van der Waals surface area contributed by atoms with Crippen molar-refractivity contribution in [2.75, 3.05) is 13.2 Å². The fraction of sp³-hybridized carbons (Fsp3) is 0.297. The molecular formula is C37H36F2N6O4. The predicted octanol–water partition coefficient (Wildman–Crippen LogP) is 7.19. The summed E-state index contributed by atoms with van der Waals surface area (Å²) in [6, 6.07) is 15.2. The van der Waals surface area contributed by atoms with Crippen LogP contribution in [0.4, 0.5) is 8.78 Å². The molecule has 3 N–H and O–H groups in total. The maximum absolute atomic E-state index is 15.7. The number of carboxylic acid groups (broad SMARTS) is 1. The average Bonchev–Trinajstić information content (AvgIpc) is 3.84. The Bertz CT molecular complexity index is 2170. The third kappa shape index (κ3) is 6.56. The molecule has 0 saturated heterocycles. The zero-order valence-corrected chi connectivity index (χ0v) is 27.4. The largest absolute Gasteiger partial charge is 0.481 e. The van der Waals surface area contributed by atoms with Crippen molar-refractivity contribution in [1.29, 1.82) is 0 Å². The number of aromatic amines is 2. The summed E-state index contributed by atoms with van der Waals surface area (Å²) in [7, 11) is 0. The van der Waals surface area contributed by atoms with Crippen LogP contribution in [0, 0.1) is 17.0 Å². The summed E-state index contributed by atoms with van der Waals surface area (Å²) in [5.74, 6) is -1.50. The lowest BCUT2D eigenvalue weighted by Gasteiger charge is -2.32. The number of aromatic nitrogens is 6. The molecule has 0 spiro atoms. The summed E-state index contributed by atoms with van der Waals surface area (Å²) in [5, 5.41) is 18.8. The van der Waals surface area contributed by atoms with E-state index in [1.807, 2.05) is 43.5 Å². The summed E-state index contributed by atoms with van der Waals surface area (Å²) in [6.07, 6.45) is 6.19. The van der Waals surface area contributed by atoms with Crippen molar-refractivity contribution in [2.24, 2.45) is 5.41 Å². The first-order chi connectivity index (χ1) is 23.5.